The van der Waals surface area contributed by atoms with Gasteiger partial charge < -0.3 is 10.2 Å². The average Bonchev–Trinajstić information content (AvgIpc) is 3.09. The lowest BCUT2D eigenvalue weighted by Crippen LogP contribution is -3.15. The number of piperazine rings is 1. The molecular formula is C20H32N3O3S+. The van der Waals surface area contributed by atoms with Crippen LogP contribution in [0, 0.1) is 5.92 Å². The van der Waals surface area contributed by atoms with Crippen molar-refractivity contribution in [1.82, 2.24) is 9.62 Å². The van der Waals surface area contributed by atoms with Gasteiger partial charge in [-0.25, -0.2) is 8.42 Å². The summed E-state index contributed by atoms with van der Waals surface area (Å²) < 4.78 is 27.5. The average molecular weight is 395 g/mol. The zero-order chi connectivity index (χ0) is 19.4. The Morgan fingerprint density at radius 3 is 2.59 bits per heavy atom. The summed E-state index contributed by atoms with van der Waals surface area (Å²) in [4.78, 5) is 13.6. The van der Waals surface area contributed by atoms with Gasteiger partial charge in [0, 0.05) is 6.54 Å². The first-order valence-corrected chi connectivity index (χ1v) is 11.5. The first kappa shape index (κ1) is 20.3. The molecule has 0 radical (unpaired) electrons. The second-order valence-electron chi connectivity index (χ2n) is 8.15. The van der Waals surface area contributed by atoms with E-state index in [2.05, 4.69) is 19.2 Å². The zero-order valence-corrected chi connectivity index (χ0v) is 17.3. The molecule has 1 saturated heterocycles. The van der Waals surface area contributed by atoms with E-state index in [1.54, 1.807) is 10.4 Å². The van der Waals surface area contributed by atoms with Crippen LogP contribution in [-0.4, -0.2) is 57.9 Å². The highest BCUT2D eigenvalue weighted by molar-refractivity contribution is 7.89. The highest BCUT2D eigenvalue weighted by Gasteiger charge is 2.31. The largest absolute Gasteiger partial charge is 0.351 e. The Labute approximate surface area is 163 Å². The Hall–Kier alpha value is -1.44. The van der Waals surface area contributed by atoms with Gasteiger partial charge in [-0.05, 0) is 54.9 Å². The number of carbonyl (C=O) groups excluding carboxylic acids is 1. The lowest BCUT2D eigenvalue weighted by atomic mass is 10.1. The predicted octanol–water partition coefficient (Wildman–Crippen LogP) is 0.227. The molecule has 1 amide bonds. The summed E-state index contributed by atoms with van der Waals surface area (Å²) in [5.41, 5.74) is 2.46. The second kappa shape index (κ2) is 8.71. The van der Waals surface area contributed by atoms with Crippen molar-refractivity contribution in [2.75, 3.05) is 39.3 Å². The lowest BCUT2D eigenvalue weighted by Gasteiger charge is -2.31. The zero-order valence-electron chi connectivity index (χ0n) is 16.5. The summed E-state index contributed by atoms with van der Waals surface area (Å²) >= 11 is 0. The third-order valence-electron chi connectivity index (χ3n) is 5.59. The smallest absolute Gasteiger partial charge is 0.275 e. The molecule has 0 atom stereocenters. The summed E-state index contributed by atoms with van der Waals surface area (Å²) in [5, 5.41) is 2.96. The number of rotatable bonds is 7. The van der Waals surface area contributed by atoms with E-state index in [4.69, 9.17) is 0 Å². The molecule has 0 bridgehead atoms. The van der Waals surface area contributed by atoms with Gasteiger partial charge in [-0.2, -0.15) is 4.31 Å². The quantitative estimate of drug-likeness (QED) is 0.695. The first-order valence-electron chi connectivity index (χ1n) is 10.1. The number of quaternary nitrogens is 1. The van der Waals surface area contributed by atoms with Gasteiger partial charge >= 0.3 is 0 Å². The molecule has 7 heteroatoms. The molecule has 1 aliphatic heterocycles. The third kappa shape index (κ3) is 5.09. The number of hydrogen-bond acceptors (Lipinski definition) is 3. The molecule has 0 aromatic heterocycles. The molecule has 1 aromatic rings. The number of sulfonamides is 1. The van der Waals surface area contributed by atoms with Crippen LogP contribution in [0.3, 0.4) is 0 Å². The van der Waals surface area contributed by atoms with Crippen molar-refractivity contribution >= 4 is 15.9 Å². The van der Waals surface area contributed by atoms with E-state index >= 15 is 0 Å². The normalized spacial score (nSPS) is 18.6. The number of carbonyl (C=O) groups is 1. The van der Waals surface area contributed by atoms with Crippen molar-refractivity contribution in [3.8, 4) is 0 Å². The van der Waals surface area contributed by atoms with Crippen molar-refractivity contribution < 1.29 is 18.1 Å². The minimum atomic E-state index is -3.44. The highest BCUT2D eigenvalue weighted by atomic mass is 32.2. The minimum Gasteiger partial charge on any atom is -0.351 e. The van der Waals surface area contributed by atoms with Crippen LogP contribution >= 0.6 is 0 Å². The number of aryl methyl sites for hydroxylation is 2. The van der Waals surface area contributed by atoms with Gasteiger partial charge in [0.2, 0.25) is 10.0 Å². The number of amides is 1. The summed E-state index contributed by atoms with van der Waals surface area (Å²) in [6.45, 7) is 7.68. The van der Waals surface area contributed by atoms with Crippen LogP contribution in [0.25, 0.3) is 0 Å². The van der Waals surface area contributed by atoms with E-state index in [1.165, 1.54) is 11.1 Å². The van der Waals surface area contributed by atoms with Crippen LogP contribution in [0.2, 0.25) is 0 Å². The van der Waals surface area contributed by atoms with Gasteiger partial charge in [0.1, 0.15) is 0 Å². The van der Waals surface area contributed by atoms with E-state index < -0.39 is 10.0 Å². The molecule has 1 heterocycles. The Kier molecular flexibility index (Phi) is 6.55. The fourth-order valence-corrected chi connectivity index (χ4v) is 5.36. The van der Waals surface area contributed by atoms with Crippen LogP contribution in [0.1, 0.15) is 37.8 Å². The second-order valence-corrected chi connectivity index (χ2v) is 10.1. The van der Waals surface area contributed by atoms with E-state index in [9.17, 15) is 13.2 Å². The summed E-state index contributed by atoms with van der Waals surface area (Å²) in [7, 11) is -3.44. The van der Waals surface area contributed by atoms with Crippen molar-refractivity contribution in [3.63, 3.8) is 0 Å². The van der Waals surface area contributed by atoms with Gasteiger partial charge in [-0.1, -0.05) is 19.9 Å². The fraction of sp³-hybridized carbons (Fsp3) is 0.650. The molecule has 27 heavy (non-hydrogen) atoms. The fourth-order valence-electron chi connectivity index (χ4n) is 3.87. The van der Waals surface area contributed by atoms with Gasteiger partial charge in [-0.3, -0.25) is 4.79 Å². The Morgan fingerprint density at radius 1 is 1.19 bits per heavy atom. The maximum atomic E-state index is 13.0. The number of nitrogens with zero attached hydrogens (tertiary/aromatic N) is 1. The van der Waals surface area contributed by atoms with Crippen LogP contribution in [0.5, 0.6) is 0 Å². The van der Waals surface area contributed by atoms with E-state index in [0.717, 1.165) is 30.6 Å². The third-order valence-corrected chi connectivity index (χ3v) is 7.49. The first-order chi connectivity index (χ1) is 12.9. The van der Waals surface area contributed by atoms with Crippen molar-refractivity contribution in [2.24, 2.45) is 5.92 Å². The molecule has 0 saturated carbocycles. The Bertz CT molecular complexity index is 769. The van der Waals surface area contributed by atoms with Gasteiger partial charge in [0.05, 0.1) is 31.1 Å². The molecule has 1 fully saturated rings. The van der Waals surface area contributed by atoms with Gasteiger partial charge in [-0.15, -0.1) is 0 Å². The maximum Gasteiger partial charge on any atom is 0.275 e. The summed E-state index contributed by atoms with van der Waals surface area (Å²) in [5.74, 6) is 0.631. The van der Waals surface area contributed by atoms with E-state index in [-0.39, 0.29) is 5.91 Å². The SMILES string of the molecule is CC(C)CCNC(=O)C[NH+]1CCN(S(=O)(=O)c2ccc3c(c2)CCC3)CC1. The molecule has 1 aliphatic carbocycles. The topological polar surface area (TPSA) is 70.9 Å². The van der Waals surface area contributed by atoms with Crippen LogP contribution < -0.4 is 10.2 Å². The summed E-state index contributed by atoms with van der Waals surface area (Å²) in [6, 6.07) is 5.58. The number of hydrogen-bond donors (Lipinski definition) is 2. The van der Waals surface area contributed by atoms with E-state index in [0.29, 0.717) is 50.1 Å². The van der Waals surface area contributed by atoms with Crippen LogP contribution in [0.4, 0.5) is 0 Å². The van der Waals surface area contributed by atoms with E-state index in [1.807, 2.05) is 12.1 Å². The number of nitrogens with one attached hydrogen (secondary N) is 2. The molecule has 150 valence electrons. The molecule has 2 aliphatic rings. The maximum absolute atomic E-state index is 13.0. The molecular weight excluding hydrogens is 362 g/mol. The highest BCUT2D eigenvalue weighted by Crippen LogP contribution is 2.26. The molecule has 1 aromatic carbocycles. The minimum absolute atomic E-state index is 0.0561. The summed E-state index contributed by atoms with van der Waals surface area (Å²) in [6.07, 6.45) is 4.12. The van der Waals surface area contributed by atoms with Gasteiger partial charge in [0.25, 0.3) is 5.91 Å². The van der Waals surface area contributed by atoms with Gasteiger partial charge in [0.15, 0.2) is 6.54 Å². The molecule has 2 N–H and O–H groups in total. The molecule has 0 spiro atoms. The predicted molar refractivity (Wildman–Crippen MR) is 105 cm³/mol. The van der Waals surface area contributed by atoms with Crippen LogP contribution in [-0.2, 0) is 27.7 Å². The van der Waals surface area contributed by atoms with Crippen molar-refractivity contribution in [2.45, 2.75) is 44.4 Å². The standard InChI is InChI=1S/C20H31N3O3S/c1-16(2)8-9-21-20(24)15-22-10-12-23(13-11-22)27(25,26)19-7-6-17-4-3-5-18(17)14-19/h6-7,14,16H,3-5,8-13,15H2,1-2H3,(H,21,24)/p+1. The van der Waals surface area contributed by atoms with Crippen LogP contribution in [0.15, 0.2) is 23.1 Å². The molecule has 3 rings (SSSR count). The lowest BCUT2D eigenvalue weighted by molar-refractivity contribution is -0.895. The molecule has 6 nitrogen and oxygen atoms in total. The Balaban J connectivity index is 1.52. The number of benzene rings is 1. The molecule has 0 unspecified atom stereocenters. The Morgan fingerprint density at radius 2 is 1.89 bits per heavy atom. The number of fused-ring (bicyclic) bond motifs is 1. The van der Waals surface area contributed by atoms with Crippen molar-refractivity contribution in [1.29, 1.82) is 0 Å². The monoisotopic (exact) mass is 394 g/mol. The van der Waals surface area contributed by atoms with Crippen molar-refractivity contribution in [3.05, 3.63) is 29.3 Å².